The van der Waals surface area contributed by atoms with E-state index < -0.39 is 36.4 Å². The highest BCUT2D eigenvalue weighted by atomic mass is 19.4. The fraction of sp³-hybridized carbons (Fsp3) is 1.00. The Kier molecular flexibility index (Phi) is 3.27. The predicted octanol–water partition coefficient (Wildman–Crippen LogP) is 2.98. The topological polar surface area (TPSA) is 12.0 Å². The summed E-state index contributed by atoms with van der Waals surface area (Å²) in [5.74, 6) is 0. The van der Waals surface area contributed by atoms with Crippen molar-refractivity contribution in [1.29, 1.82) is 0 Å². The highest BCUT2D eigenvalue weighted by Gasteiger charge is 2.70. The molecule has 0 aromatic rings. The lowest BCUT2D eigenvalue weighted by atomic mass is 10.1. The second kappa shape index (κ2) is 3.42. The lowest BCUT2D eigenvalue weighted by Gasteiger charge is -2.32. The first kappa shape index (κ1) is 14.3. The maximum atomic E-state index is 12.5. The minimum absolute atomic E-state index is 0.686. The van der Waals surface area contributed by atoms with E-state index in [9.17, 15) is 39.5 Å². The van der Waals surface area contributed by atoms with Gasteiger partial charge in [0.15, 0.2) is 0 Å². The number of hydrogen-bond acceptors (Lipinski definition) is 1. The van der Waals surface area contributed by atoms with Crippen LogP contribution in [0.2, 0.25) is 0 Å². The van der Waals surface area contributed by atoms with Gasteiger partial charge in [-0.2, -0.15) is 40.4 Å². The molecule has 0 aromatic carbocycles. The van der Waals surface area contributed by atoms with E-state index in [2.05, 4.69) is 0 Å². The van der Waals surface area contributed by atoms with Gasteiger partial charge in [-0.3, -0.25) is 0 Å². The van der Waals surface area contributed by atoms with Crippen molar-refractivity contribution in [3.8, 4) is 0 Å². The largest absolute Gasteiger partial charge is 0.462 e. The molecule has 0 saturated heterocycles. The Labute approximate surface area is 77.2 Å². The molecular formula is C5H4F9N. The second-order valence-electron chi connectivity index (χ2n) is 2.70. The molecule has 0 fully saturated rings. The molecule has 1 unspecified atom stereocenters. The van der Waals surface area contributed by atoms with Crippen LogP contribution in [0, 0.1) is 0 Å². The van der Waals surface area contributed by atoms with E-state index >= 15 is 0 Å². The molecule has 10 heteroatoms. The van der Waals surface area contributed by atoms with Crippen molar-refractivity contribution < 1.29 is 39.5 Å². The fourth-order valence-corrected chi connectivity index (χ4v) is 0.473. The van der Waals surface area contributed by atoms with E-state index in [4.69, 9.17) is 0 Å². The molecule has 0 radical (unpaired) electrons. The van der Waals surface area contributed by atoms with E-state index in [1.54, 1.807) is 0 Å². The third-order valence-electron chi connectivity index (χ3n) is 1.42. The summed E-state index contributed by atoms with van der Waals surface area (Å²) in [7, 11) is 0. The van der Waals surface area contributed by atoms with Crippen LogP contribution in [0.4, 0.5) is 39.5 Å². The SMILES string of the molecule is CC(F)(C(F)(F)F)C(F)(F)NC(F)(F)F. The molecule has 92 valence electrons. The van der Waals surface area contributed by atoms with Gasteiger partial charge in [0.05, 0.1) is 0 Å². The molecule has 0 aromatic heterocycles. The quantitative estimate of drug-likeness (QED) is 0.586. The maximum Gasteiger partial charge on any atom is 0.462 e. The Morgan fingerprint density at radius 2 is 1.07 bits per heavy atom. The van der Waals surface area contributed by atoms with E-state index in [0.29, 0.717) is 0 Å². The van der Waals surface area contributed by atoms with Crippen molar-refractivity contribution in [3.63, 3.8) is 0 Å². The lowest BCUT2D eigenvalue weighted by molar-refractivity contribution is -0.330. The van der Waals surface area contributed by atoms with E-state index in [-0.39, 0.29) is 0 Å². The fourth-order valence-electron chi connectivity index (χ4n) is 0.473. The van der Waals surface area contributed by atoms with E-state index in [0.717, 1.165) is 0 Å². The summed E-state index contributed by atoms with van der Waals surface area (Å²) < 4.78 is 106. The first-order chi connectivity index (χ1) is 6.21. The van der Waals surface area contributed by atoms with Crippen LogP contribution in [-0.2, 0) is 0 Å². The first-order valence-corrected chi connectivity index (χ1v) is 3.20. The zero-order valence-corrected chi connectivity index (χ0v) is 6.90. The Balaban J connectivity index is 5.03. The van der Waals surface area contributed by atoms with Crippen LogP contribution in [0.1, 0.15) is 6.92 Å². The van der Waals surface area contributed by atoms with Crippen LogP contribution < -0.4 is 5.32 Å². The molecule has 0 aliphatic carbocycles. The smallest absolute Gasteiger partial charge is 0.226 e. The first-order valence-electron chi connectivity index (χ1n) is 3.20. The third-order valence-corrected chi connectivity index (χ3v) is 1.42. The van der Waals surface area contributed by atoms with Gasteiger partial charge in [-0.05, 0) is 6.92 Å². The maximum absolute atomic E-state index is 12.5. The molecule has 0 bridgehead atoms. The monoisotopic (exact) mass is 249 g/mol. The lowest BCUT2D eigenvalue weighted by Crippen LogP contribution is -2.63. The van der Waals surface area contributed by atoms with E-state index in [1.807, 2.05) is 0 Å². The van der Waals surface area contributed by atoms with E-state index in [1.165, 1.54) is 0 Å². The van der Waals surface area contributed by atoms with Gasteiger partial charge in [0, 0.05) is 0 Å². The molecule has 1 N–H and O–H groups in total. The van der Waals surface area contributed by atoms with Gasteiger partial charge >= 0.3 is 18.5 Å². The van der Waals surface area contributed by atoms with Gasteiger partial charge < -0.3 is 0 Å². The van der Waals surface area contributed by atoms with Gasteiger partial charge in [0.25, 0.3) is 5.67 Å². The predicted molar refractivity (Wildman–Crippen MR) is 29.7 cm³/mol. The molecular weight excluding hydrogens is 245 g/mol. The Bertz CT molecular complexity index is 224. The Morgan fingerprint density at radius 1 is 0.733 bits per heavy atom. The molecule has 15 heavy (non-hydrogen) atoms. The number of halogens is 9. The molecule has 0 amide bonds. The average molecular weight is 249 g/mol. The van der Waals surface area contributed by atoms with Crippen molar-refractivity contribution in [2.75, 3.05) is 0 Å². The van der Waals surface area contributed by atoms with Gasteiger partial charge in [-0.1, -0.05) is 0 Å². The van der Waals surface area contributed by atoms with Gasteiger partial charge in [0.2, 0.25) is 0 Å². The summed E-state index contributed by atoms with van der Waals surface area (Å²) in [5.41, 5.74) is -5.32. The van der Waals surface area contributed by atoms with Crippen molar-refractivity contribution in [1.82, 2.24) is 5.32 Å². The molecule has 0 aliphatic heterocycles. The van der Waals surface area contributed by atoms with Gasteiger partial charge in [-0.15, -0.1) is 0 Å². The summed E-state index contributed by atoms with van der Waals surface area (Å²) in [5, 5.41) is -0.686. The Morgan fingerprint density at radius 3 is 1.27 bits per heavy atom. The third kappa shape index (κ3) is 3.14. The van der Waals surface area contributed by atoms with Crippen LogP contribution in [0.25, 0.3) is 0 Å². The molecule has 0 rings (SSSR count). The minimum Gasteiger partial charge on any atom is -0.226 e. The average Bonchev–Trinajstić information content (AvgIpc) is 1.77. The van der Waals surface area contributed by atoms with Crippen LogP contribution in [0.5, 0.6) is 0 Å². The van der Waals surface area contributed by atoms with Crippen LogP contribution in [-0.4, -0.2) is 24.2 Å². The van der Waals surface area contributed by atoms with Crippen LogP contribution in [0.3, 0.4) is 0 Å². The summed E-state index contributed by atoms with van der Waals surface area (Å²) in [6.45, 7) is -0.689. The molecule has 0 heterocycles. The standard InChI is InChI=1S/C5H4F9N/c1-2(6,3(7,8)9)4(10,11)15-5(12,13)14/h15H,1H3. The molecule has 0 aliphatic rings. The van der Waals surface area contributed by atoms with Crippen LogP contribution in [0.15, 0.2) is 0 Å². The summed E-state index contributed by atoms with van der Waals surface area (Å²) in [4.78, 5) is 0. The molecule has 1 atom stereocenters. The second-order valence-corrected chi connectivity index (χ2v) is 2.70. The normalized spacial score (nSPS) is 18.8. The van der Waals surface area contributed by atoms with Gasteiger partial charge in [-0.25, -0.2) is 4.39 Å². The number of hydrogen-bond donors (Lipinski definition) is 1. The van der Waals surface area contributed by atoms with Gasteiger partial charge in [0.1, 0.15) is 0 Å². The number of nitrogens with one attached hydrogen (secondary N) is 1. The molecule has 0 saturated carbocycles. The van der Waals surface area contributed by atoms with Crippen LogP contribution >= 0.6 is 0 Å². The summed E-state index contributed by atoms with van der Waals surface area (Å²) in [6, 6.07) is -5.80. The molecule has 1 nitrogen and oxygen atoms in total. The zero-order valence-electron chi connectivity index (χ0n) is 6.90. The zero-order chi connectivity index (χ0) is 12.7. The number of rotatable bonds is 2. The van der Waals surface area contributed by atoms with Crippen molar-refractivity contribution in [2.24, 2.45) is 0 Å². The number of alkyl halides is 9. The van der Waals surface area contributed by atoms with Crippen molar-refractivity contribution in [2.45, 2.75) is 31.1 Å². The summed E-state index contributed by atoms with van der Waals surface area (Å²) in [6.07, 6.45) is -12.0. The highest BCUT2D eigenvalue weighted by molar-refractivity contribution is 4.94. The Hall–Kier alpha value is -0.670. The van der Waals surface area contributed by atoms with Crippen molar-refractivity contribution >= 4 is 0 Å². The highest BCUT2D eigenvalue weighted by Crippen LogP contribution is 2.44. The van der Waals surface area contributed by atoms with Crippen molar-refractivity contribution in [3.05, 3.63) is 0 Å². The molecule has 0 spiro atoms. The minimum atomic E-state index is -6.13. The summed E-state index contributed by atoms with van der Waals surface area (Å²) >= 11 is 0.